The van der Waals surface area contributed by atoms with Crippen LogP contribution in [0, 0.1) is 0 Å². The molecule has 31 heavy (non-hydrogen) atoms. The van der Waals surface area contributed by atoms with Crippen molar-refractivity contribution in [3.63, 3.8) is 0 Å². The number of imide groups is 1. The number of urea groups is 1. The summed E-state index contributed by atoms with van der Waals surface area (Å²) >= 11 is 0. The van der Waals surface area contributed by atoms with Crippen LogP contribution in [0.2, 0.25) is 0 Å². The normalized spacial score (nSPS) is 22.3. The lowest BCUT2D eigenvalue weighted by atomic mass is 10.1. The van der Waals surface area contributed by atoms with Gasteiger partial charge in [0.05, 0.1) is 24.7 Å². The molecule has 0 spiro atoms. The molecule has 0 bridgehead atoms. The quantitative estimate of drug-likeness (QED) is 0.329. The molecule has 2 fully saturated rings. The van der Waals surface area contributed by atoms with Crippen LogP contribution in [0.25, 0.3) is 0 Å². The van der Waals surface area contributed by atoms with E-state index in [1.165, 1.54) is 31.2 Å². The van der Waals surface area contributed by atoms with Crippen molar-refractivity contribution in [1.82, 2.24) is 14.1 Å². The van der Waals surface area contributed by atoms with Gasteiger partial charge in [0, 0.05) is 13.6 Å². The van der Waals surface area contributed by atoms with Gasteiger partial charge in [-0.2, -0.15) is 4.31 Å². The fraction of sp³-hybridized carbons (Fsp3) is 0.550. The van der Waals surface area contributed by atoms with Crippen LogP contribution < -0.4 is 4.74 Å². The van der Waals surface area contributed by atoms with Gasteiger partial charge in [0.2, 0.25) is 10.0 Å². The van der Waals surface area contributed by atoms with E-state index >= 15 is 0 Å². The van der Waals surface area contributed by atoms with Gasteiger partial charge in [0.25, 0.3) is 5.91 Å². The Morgan fingerprint density at radius 1 is 1.19 bits per heavy atom. The number of hydrogen-bond donors (Lipinski definition) is 0. The summed E-state index contributed by atoms with van der Waals surface area (Å²) in [7, 11) is -1.42. The molecule has 2 saturated heterocycles. The Labute approximate surface area is 181 Å². The minimum absolute atomic E-state index is 0.0129. The summed E-state index contributed by atoms with van der Waals surface area (Å²) in [6.07, 6.45) is 1.85. The minimum Gasteiger partial charge on any atom is -0.494 e. The molecule has 3 amide bonds. The summed E-state index contributed by atoms with van der Waals surface area (Å²) in [6, 6.07) is 3.56. The standard InChI is InChI=1S/C20H27N3O7S/c1-4-5-10-30-15-6-8-16(9-7-15)31(27,28)22-12-14(11-17(22)19(25)29-3)23-18(24)13-21(2)20(23)26/h6-9,14,17H,4-5,10-13H2,1-3H3/t14-,17+/m0/s1. The van der Waals surface area contributed by atoms with Crippen molar-refractivity contribution >= 4 is 27.9 Å². The predicted octanol–water partition coefficient (Wildman–Crippen LogP) is 1.06. The highest BCUT2D eigenvalue weighted by Gasteiger charge is 2.50. The van der Waals surface area contributed by atoms with Crippen LogP contribution in [0.4, 0.5) is 4.79 Å². The van der Waals surface area contributed by atoms with Crippen molar-refractivity contribution < 1.29 is 32.3 Å². The molecule has 0 saturated carbocycles. The summed E-state index contributed by atoms with van der Waals surface area (Å²) in [4.78, 5) is 39.2. The Morgan fingerprint density at radius 2 is 1.87 bits per heavy atom. The van der Waals surface area contributed by atoms with Gasteiger partial charge in [-0.3, -0.25) is 14.5 Å². The van der Waals surface area contributed by atoms with Gasteiger partial charge in [-0.1, -0.05) is 13.3 Å². The summed E-state index contributed by atoms with van der Waals surface area (Å²) in [5.41, 5.74) is 0. The predicted molar refractivity (Wildman–Crippen MR) is 110 cm³/mol. The molecule has 170 valence electrons. The number of esters is 1. The van der Waals surface area contributed by atoms with Gasteiger partial charge >= 0.3 is 12.0 Å². The van der Waals surface area contributed by atoms with Crippen molar-refractivity contribution in [2.24, 2.45) is 0 Å². The average Bonchev–Trinajstić information content (AvgIpc) is 3.29. The van der Waals surface area contributed by atoms with E-state index in [0.717, 1.165) is 22.0 Å². The molecule has 3 rings (SSSR count). The number of amides is 3. The van der Waals surface area contributed by atoms with Gasteiger partial charge < -0.3 is 14.4 Å². The first-order valence-corrected chi connectivity index (χ1v) is 11.5. The SMILES string of the molecule is CCCCOc1ccc(S(=O)(=O)N2C[C@@H](N3C(=O)CN(C)C3=O)C[C@@H]2C(=O)OC)cc1. The maximum atomic E-state index is 13.3. The third kappa shape index (κ3) is 4.52. The minimum atomic E-state index is -4.08. The maximum Gasteiger partial charge on any atom is 0.327 e. The highest BCUT2D eigenvalue weighted by molar-refractivity contribution is 7.89. The number of likely N-dealkylation sites (N-methyl/N-ethyl adjacent to an activating group) is 1. The van der Waals surface area contributed by atoms with Gasteiger partial charge in [-0.15, -0.1) is 0 Å². The van der Waals surface area contributed by atoms with E-state index in [9.17, 15) is 22.8 Å². The van der Waals surface area contributed by atoms with Crippen LogP contribution in [0.3, 0.4) is 0 Å². The zero-order valence-electron chi connectivity index (χ0n) is 17.8. The van der Waals surface area contributed by atoms with Gasteiger partial charge in [0.1, 0.15) is 18.3 Å². The molecular formula is C20H27N3O7S. The Kier molecular flexibility index (Phi) is 6.85. The van der Waals surface area contributed by atoms with Crippen LogP contribution in [0.15, 0.2) is 29.2 Å². The lowest BCUT2D eigenvalue weighted by molar-refractivity contribution is -0.144. The van der Waals surface area contributed by atoms with Crippen molar-refractivity contribution in [3.05, 3.63) is 24.3 Å². The lowest BCUT2D eigenvalue weighted by Crippen LogP contribution is -2.43. The van der Waals surface area contributed by atoms with Crippen LogP contribution >= 0.6 is 0 Å². The number of carbonyl (C=O) groups excluding carboxylic acids is 3. The first-order chi connectivity index (χ1) is 14.7. The Bertz CT molecular complexity index is 948. The van der Waals surface area contributed by atoms with E-state index in [1.54, 1.807) is 12.1 Å². The van der Waals surface area contributed by atoms with Gasteiger partial charge in [-0.25, -0.2) is 13.2 Å². The van der Waals surface area contributed by atoms with E-state index in [4.69, 9.17) is 9.47 Å². The van der Waals surface area contributed by atoms with E-state index in [-0.39, 0.29) is 24.4 Å². The number of nitrogens with zero attached hydrogens (tertiary/aromatic N) is 3. The molecule has 11 heteroatoms. The molecule has 2 aliphatic rings. The lowest BCUT2D eigenvalue weighted by Gasteiger charge is -2.23. The fourth-order valence-corrected chi connectivity index (χ4v) is 5.39. The highest BCUT2D eigenvalue weighted by Crippen LogP contribution is 2.32. The smallest absolute Gasteiger partial charge is 0.327 e. The Balaban J connectivity index is 1.84. The molecule has 1 aromatic rings. The average molecular weight is 454 g/mol. The van der Waals surface area contributed by atoms with Crippen molar-refractivity contribution in [1.29, 1.82) is 0 Å². The monoisotopic (exact) mass is 453 g/mol. The van der Waals surface area contributed by atoms with Crippen LogP contribution in [0.1, 0.15) is 26.2 Å². The van der Waals surface area contributed by atoms with Gasteiger partial charge in [-0.05, 0) is 37.1 Å². The van der Waals surface area contributed by atoms with E-state index in [0.29, 0.717) is 12.4 Å². The molecule has 0 unspecified atom stereocenters. The number of rotatable bonds is 8. The van der Waals surface area contributed by atoms with Crippen molar-refractivity contribution in [2.45, 2.75) is 43.2 Å². The van der Waals surface area contributed by atoms with Crippen molar-refractivity contribution in [2.75, 3.05) is 33.9 Å². The molecule has 0 aromatic heterocycles. The second-order valence-electron chi connectivity index (χ2n) is 7.58. The molecule has 2 aliphatic heterocycles. The maximum absolute atomic E-state index is 13.3. The fourth-order valence-electron chi connectivity index (χ4n) is 3.76. The number of sulfonamides is 1. The molecule has 0 aliphatic carbocycles. The molecule has 2 heterocycles. The number of methoxy groups -OCH3 is 1. The van der Waals surface area contributed by atoms with Crippen LogP contribution in [-0.2, 0) is 24.3 Å². The highest BCUT2D eigenvalue weighted by atomic mass is 32.2. The number of unbranched alkanes of at least 4 members (excludes halogenated alkanes) is 1. The molecule has 0 N–H and O–H groups in total. The summed E-state index contributed by atoms with van der Waals surface area (Å²) in [5.74, 6) is -0.612. The summed E-state index contributed by atoms with van der Waals surface area (Å²) in [5, 5.41) is 0. The zero-order valence-corrected chi connectivity index (χ0v) is 18.6. The van der Waals surface area contributed by atoms with Crippen molar-refractivity contribution in [3.8, 4) is 5.75 Å². The molecular weight excluding hydrogens is 426 g/mol. The number of hydrogen-bond acceptors (Lipinski definition) is 7. The third-order valence-electron chi connectivity index (χ3n) is 5.44. The van der Waals surface area contributed by atoms with Crippen LogP contribution in [-0.4, -0.2) is 86.4 Å². The van der Waals surface area contributed by atoms with E-state index in [2.05, 4.69) is 0 Å². The van der Waals surface area contributed by atoms with E-state index < -0.39 is 40.0 Å². The Hall–Kier alpha value is -2.66. The first-order valence-electron chi connectivity index (χ1n) is 10.1. The molecule has 0 radical (unpaired) electrons. The largest absolute Gasteiger partial charge is 0.494 e. The van der Waals surface area contributed by atoms with Gasteiger partial charge in [0.15, 0.2) is 0 Å². The third-order valence-corrected chi connectivity index (χ3v) is 7.33. The first kappa shape index (κ1) is 23.0. The second kappa shape index (κ2) is 9.23. The van der Waals surface area contributed by atoms with E-state index in [1.807, 2.05) is 6.92 Å². The topological polar surface area (TPSA) is 114 Å². The zero-order chi connectivity index (χ0) is 22.8. The molecule has 2 atom stereocenters. The number of carbonyl (C=O) groups is 3. The summed E-state index contributed by atoms with van der Waals surface area (Å²) in [6.45, 7) is 2.32. The Morgan fingerprint density at radius 3 is 2.42 bits per heavy atom. The molecule has 1 aromatic carbocycles. The van der Waals surface area contributed by atoms with Crippen LogP contribution in [0.5, 0.6) is 5.75 Å². The summed E-state index contributed by atoms with van der Waals surface area (Å²) < 4.78 is 38.0. The number of benzene rings is 1. The molecule has 10 nitrogen and oxygen atoms in total. The number of ether oxygens (including phenoxy) is 2. The second-order valence-corrected chi connectivity index (χ2v) is 9.47.